The van der Waals surface area contributed by atoms with Gasteiger partial charge in [-0.25, -0.2) is 4.39 Å². The molecule has 1 atom stereocenters. The fourth-order valence-corrected chi connectivity index (χ4v) is 3.05. The highest BCUT2D eigenvalue weighted by Crippen LogP contribution is 2.16. The minimum atomic E-state index is -0.539. The Morgan fingerprint density at radius 3 is 2.76 bits per heavy atom. The molecule has 1 aliphatic heterocycles. The van der Waals surface area contributed by atoms with Gasteiger partial charge < -0.3 is 14.7 Å². The number of aromatic nitrogens is 1. The molecule has 1 aliphatic rings. The quantitative estimate of drug-likeness (QED) is 0.870. The Morgan fingerprint density at radius 1 is 1.12 bits per heavy atom. The van der Waals surface area contributed by atoms with E-state index in [1.807, 2.05) is 30.3 Å². The second-order valence-electron chi connectivity index (χ2n) is 6.28. The van der Waals surface area contributed by atoms with Crippen LogP contribution in [-0.4, -0.2) is 60.4 Å². The number of ether oxygens (including phenoxy) is 1. The Balaban J connectivity index is 1.46. The van der Waals surface area contributed by atoms with E-state index in [-0.39, 0.29) is 12.4 Å². The normalized spacial score (nSPS) is 17.1. The molecule has 1 N–H and O–H groups in total. The zero-order valence-electron chi connectivity index (χ0n) is 14.2. The molecule has 2 heterocycles. The lowest BCUT2D eigenvalue weighted by molar-refractivity contribution is 0.0705. The molecule has 3 rings (SSSR count). The minimum absolute atomic E-state index is 0.276. The van der Waals surface area contributed by atoms with Crippen LogP contribution in [0.2, 0.25) is 0 Å². The molecule has 0 radical (unpaired) electrons. The number of halogens is 1. The van der Waals surface area contributed by atoms with Crippen LogP contribution in [0, 0.1) is 5.82 Å². The monoisotopic (exact) mass is 345 g/mol. The second kappa shape index (κ2) is 8.78. The maximum Gasteiger partial charge on any atom is 0.143 e. The predicted octanol–water partition coefficient (Wildman–Crippen LogP) is 2.17. The van der Waals surface area contributed by atoms with Crippen molar-refractivity contribution in [3.63, 3.8) is 0 Å². The van der Waals surface area contributed by atoms with Crippen molar-refractivity contribution in [2.45, 2.75) is 12.5 Å². The van der Waals surface area contributed by atoms with Crippen molar-refractivity contribution < 1.29 is 14.2 Å². The van der Waals surface area contributed by atoms with Crippen molar-refractivity contribution in [2.24, 2.45) is 0 Å². The van der Waals surface area contributed by atoms with Crippen molar-refractivity contribution in [3.8, 4) is 5.75 Å². The van der Waals surface area contributed by atoms with E-state index in [0.717, 1.165) is 44.0 Å². The highest BCUT2D eigenvalue weighted by Gasteiger charge is 2.18. The number of aliphatic hydroxyl groups excluding tert-OH is 1. The molecule has 5 nitrogen and oxygen atoms in total. The third kappa shape index (κ3) is 5.41. The maximum absolute atomic E-state index is 13.4. The first-order valence-electron chi connectivity index (χ1n) is 8.64. The molecular formula is C19H24FN3O2. The number of hydrogen-bond acceptors (Lipinski definition) is 5. The molecule has 0 amide bonds. The number of pyridine rings is 1. The summed E-state index contributed by atoms with van der Waals surface area (Å²) in [7, 11) is 0. The zero-order chi connectivity index (χ0) is 17.5. The first-order valence-corrected chi connectivity index (χ1v) is 8.64. The van der Waals surface area contributed by atoms with Crippen LogP contribution >= 0.6 is 0 Å². The summed E-state index contributed by atoms with van der Waals surface area (Å²) in [6.07, 6.45) is 3.34. The Kier molecular flexibility index (Phi) is 6.19. The molecule has 25 heavy (non-hydrogen) atoms. The lowest BCUT2D eigenvalue weighted by Crippen LogP contribution is -2.38. The molecule has 1 fully saturated rings. The van der Waals surface area contributed by atoms with Crippen LogP contribution in [-0.2, 0) is 0 Å². The summed E-state index contributed by atoms with van der Waals surface area (Å²) in [5.41, 5.74) is 0.815. The molecule has 2 aromatic rings. The topological polar surface area (TPSA) is 48.8 Å². The van der Waals surface area contributed by atoms with Gasteiger partial charge in [0.2, 0.25) is 0 Å². The van der Waals surface area contributed by atoms with E-state index in [9.17, 15) is 9.50 Å². The van der Waals surface area contributed by atoms with Gasteiger partial charge in [-0.3, -0.25) is 9.88 Å². The Labute approximate surface area is 147 Å². The maximum atomic E-state index is 13.4. The summed E-state index contributed by atoms with van der Waals surface area (Å²) in [4.78, 5) is 8.29. The number of aliphatic hydroxyl groups is 1. The number of benzene rings is 1. The van der Waals surface area contributed by atoms with Crippen molar-refractivity contribution in [1.82, 2.24) is 9.88 Å². The van der Waals surface area contributed by atoms with E-state index in [4.69, 9.17) is 4.74 Å². The third-order valence-electron chi connectivity index (χ3n) is 4.30. The third-order valence-corrected chi connectivity index (χ3v) is 4.30. The molecule has 0 saturated carbocycles. The van der Waals surface area contributed by atoms with Gasteiger partial charge in [-0.15, -0.1) is 0 Å². The molecule has 0 aliphatic carbocycles. The van der Waals surface area contributed by atoms with E-state index < -0.39 is 6.10 Å². The highest BCUT2D eigenvalue weighted by atomic mass is 19.1. The number of rotatable bonds is 6. The number of nitrogens with zero attached hydrogens (tertiary/aromatic N) is 3. The van der Waals surface area contributed by atoms with Crippen molar-refractivity contribution in [1.29, 1.82) is 0 Å². The first kappa shape index (κ1) is 17.6. The van der Waals surface area contributed by atoms with Crippen LogP contribution in [0.4, 0.5) is 10.1 Å². The Bertz CT molecular complexity index is 656. The molecule has 0 unspecified atom stereocenters. The van der Waals surface area contributed by atoms with Gasteiger partial charge in [-0.2, -0.15) is 0 Å². The van der Waals surface area contributed by atoms with Crippen molar-refractivity contribution in [3.05, 3.63) is 54.6 Å². The molecule has 1 aromatic carbocycles. The summed E-state index contributed by atoms with van der Waals surface area (Å²) in [5.74, 6) is 0.453. The van der Waals surface area contributed by atoms with Crippen molar-refractivity contribution >= 4 is 5.69 Å². The number of anilines is 1. The fourth-order valence-electron chi connectivity index (χ4n) is 3.05. The largest absolute Gasteiger partial charge is 0.491 e. The molecular weight excluding hydrogens is 321 g/mol. The van der Waals surface area contributed by atoms with Gasteiger partial charge in [0.25, 0.3) is 0 Å². The van der Waals surface area contributed by atoms with Gasteiger partial charge >= 0.3 is 0 Å². The Hall–Kier alpha value is -2.18. The summed E-state index contributed by atoms with van der Waals surface area (Å²) < 4.78 is 19.0. The first-order chi connectivity index (χ1) is 12.2. The van der Waals surface area contributed by atoms with Crippen LogP contribution in [0.25, 0.3) is 0 Å². The molecule has 1 saturated heterocycles. The smallest absolute Gasteiger partial charge is 0.143 e. The predicted molar refractivity (Wildman–Crippen MR) is 95.4 cm³/mol. The fraction of sp³-hybridized carbons (Fsp3) is 0.421. The summed E-state index contributed by atoms with van der Waals surface area (Å²) in [6, 6.07) is 11.0. The van der Waals surface area contributed by atoms with Crippen LogP contribution in [0.5, 0.6) is 5.75 Å². The van der Waals surface area contributed by atoms with Gasteiger partial charge in [-0.05, 0) is 25.1 Å². The minimum Gasteiger partial charge on any atom is -0.491 e. The van der Waals surface area contributed by atoms with Gasteiger partial charge in [0.05, 0.1) is 18.1 Å². The average Bonchev–Trinajstić information content (AvgIpc) is 2.86. The molecule has 134 valence electrons. The number of β-amino-alcohol motifs (C(OH)–C–C–N with tert-alkyl or cyclic N) is 1. The summed E-state index contributed by atoms with van der Waals surface area (Å²) >= 11 is 0. The highest BCUT2D eigenvalue weighted by molar-refractivity contribution is 5.44. The van der Waals surface area contributed by atoms with E-state index in [1.54, 1.807) is 6.20 Å². The van der Waals surface area contributed by atoms with E-state index in [1.165, 1.54) is 12.3 Å². The van der Waals surface area contributed by atoms with E-state index in [2.05, 4.69) is 14.8 Å². The van der Waals surface area contributed by atoms with Crippen LogP contribution in [0.1, 0.15) is 6.42 Å². The van der Waals surface area contributed by atoms with Crippen molar-refractivity contribution in [2.75, 3.05) is 44.2 Å². The lowest BCUT2D eigenvalue weighted by Gasteiger charge is -2.24. The van der Waals surface area contributed by atoms with Crippen LogP contribution < -0.4 is 9.64 Å². The Morgan fingerprint density at radius 2 is 1.96 bits per heavy atom. The lowest BCUT2D eigenvalue weighted by atomic mass is 10.3. The van der Waals surface area contributed by atoms with Gasteiger partial charge in [0, 0.05) is 32.2 Å². The molecule has 0 spiro atoms. The molecule has 1 aromatic heterocycles. The molecule has 6 heteroatoms. The van der Waals surface area contributed by atoms with Crippen LogP contribution in [0.3, 0.4) is 0 Å². The summed E-state index contributed by atoms with van der Waals surface area (Å²) in [6.45, 7) is 4.22. The van der Waals surface area contributed by atoms with E-state index in [0.29, 0.717) is 6.54 Å². The van der Waals surface area contributed by atoms with Crippen LogP contribution in [0.15, 0.2) is 48.8 Å². The zero-order valence-corrected chi connectivity index (χ0v) is 14.2. The van der Waals surface area contributed by atoms with E-state index >= 15 is 0 Å². The van der Waals surface area contributed by atoms with Gasteiger partial charge in [-0.1, -0.05) is 18.2 Å². The summed E-state index contributed by atoms with van der Waals surface area (Å²) in [5, 5.41) is 10.2. The standard InChI is InChI=1S/C19H24FN3O2/c20-16-11-17(13-21-12-16)23-8-4-7-22(9-10-23)14-18(24)15-25-19-5-2-1-3-6-19/h1-3,5-6,11-13,18,24H,4,7-10,14-15H2/t18-/m1/s1. The number of hydrogen-bond donors (Lipinski definition) is 1. The average molecular weight is 345 g/mol. The van der Waals surface area contributed by atoms with Gasteiger partial charge in [0.1, 0.15) is 24.3 Å². The molecule has 0 bridgehead atoms. The number of para-hydroxylation sites is 1. The second-order valence-corrected chi connectivity index (χ2v) is 6.28. The van der Waals surface area contributed by atoms with Gasteiger partial charge in [0.15, 0.2) is 0 Å². The SMILES string of the molecule is O[C@@H](COc1ccccc1)CN1CCCN(c2cncc(F)c2)CC1.